The molecule has 0 radical (unpaired) electrons. The number of aldehydes is 1. The van der Waals surface area contributed by atoms with E-state index in [0.29, 0.717) is 0 Å². The molecule has 6 atom stereocenters. The Balaban J connectivity index is -0.000000308. The molecular weight excluding hydrogens is 375 g/mol. The third-order valence-electron chi connectivity index (χ3n) is 2.23. The second kappa shape index (κ2) is 15.7. The molecular formula is C10H25O14P. The fourth-order valence-corrected chi connectivity index (χ4v) is 0.889. The fourth-order valence-electron chi connectivity index (χ4n) is 0.889. The van der Waals surface area contributed by atoms with Crippen molar-refractivity contribution >= 4 is 14.1 Å². The largest absolute Gasteiger partial charge is 0.466 e. The Labute approximate surface area is 141 Å². The predicted molar refractivity (Wildman–Crippen MR) is 77.6 cm³/mol. The van der Waals surface area contributed by atoms with E-state index in [1.807, 2.05) is 0 Å². The average molecular weight is 400 g/mol. The number of phosphoric acid groups is 1. The summed E-state index contributed by atoms with van der Waals surface area (Å²) in [6.45, 7) is -1.97. The van der Waals surface area contributed by atoms with Crippen LogP contribution < -0.4 is 0 Å². The topological polar surface area (TPSA) is 277 Å². The van der Waals surface area contributed by atoms with E-state index in [9.17, 15) is 4.79 Å². The minimum absolute atomic E-state index is 0.0869. The molecule has 0 aliphatic carbocycles. The molecule has 154 valence electrons. The third kappa shape index (κ3) is 19.6. The predicted octanol–water partition coefficient (Wildman–Crippen LogP) is -6.61. The summed E-state index contributed by atoms with van der Waals surface area (Å²) in [5.41, 5.74) is 0. The zero-order chi connectivity index (χ0) is 20.8. The van der Waals surface area contributed by atoms with Crippen molar-refractivity contribution in [2.24, 2.45) is 0 Å². The van der Waals surface area contributed by atoms with Crippen molar-refractivity contribution in [1.82, 2.24) is 0 Å². The van der Waals surface area contributed by atoms with Gasteiger partial charge in [0.25, 0.3) is 0 Å². The van der Waals surface area contributed by atoms with Crippen LogP contribution in [-0.2, 0) is 9.36 Å². The van der Waals surface area contributed by atoms with E-state index in [-0.39, 0.29) is 6.29 Å². The zero-order valence-corrected chi connectivity index (χ0v) is 13.7. The van der Waals surface area contributed by atoms with Gasteiger partial charge in [0.05, 0.1) is 19.8 Å². The maximum atomic E-state index is 9.76. The monoisotopic (exact) mass is 400 g/mol. The molecule has 0 rings (SSSR count). The van der Waals surface area contributed by atoms with Gasteiger partial charge in [-0.25, -0.2) is 4.57 Å². The van der Waals surface area contributed by atoms with Gasteiger partial charge in [-0.2, -0.15) is 0 Å². The minimum atomic E-state index is -4.64. The molecule has 0 bridgehead atoms. The molecule has 0 saturated carbocycles. The van der Waals surface area contributed by atoms with Crippen LogP contribution in [0.5, 0.6) is 0 Å². The summed E-state index contributed by atoms with van der Waals surface area (Å²) in [6, 6.07) is 0. The molecule has 0 saturated heterocycles. The van der Waals surface area contributed by atoms with Crippen LogP contribution in [-0.4, -0.2) is 123 Å². The van der Waals surface area contributed by atoms with Crippen LogP contribution in [0.1, 0.15) is 0 Å². The number of hydrogen-bond donors (Lipinski definition) is 12. The highest BCUT2D eigenvalue weighted by molar-refractivity contribution is 7.45. The van der Waals surface area contributed by atoms with Gasteiger partial charge in [0.2, 0.25) is 0 Å². The lowest BCUT2D eigenvalue weighted by Crippen LogP contribution is -2.41. The second-order valence-electron chi connectivity index (χ2n) is 4.37. The number of hydrogen-bond acceptors (Lipinski definition) is 11. The van der Waals surface area contributed by atoms with E-state index in [4.69, 9.17) is 65.2 Å². The van der Waals surface area contributed by atoms with E-state index in [0.717, 1.165) is 0 Å². The van der Waals surface area contributed by atoms with Gasteiger partial charge in [0.15, 0.2) is 6.29 Å². The first-order chi connectivity index (χ1) is 11.3. The first-order valence-corrected chi connectivity index (χ1v) is 7.97. The maximum absolute atomic E-state index is 9.76. The highest BCUT2D eigenvalue weighted by atomic mass is 31.2. The lowest BCUT2D eigenvalue weighted by Gasteiger charge is -2.19. The third-order valence-corrected chi connectivity index (χ3v) is 2.23. The SMILES string of the molecule is O=C[C@H](O)[C@H](O)[C@H](O)CO.O=P(O)(O)O.OC[C@@H](O)[C@@H](O)[C@@H](O)CO. The van der Waals surface area contributed by atoms with Gasteiger partial charge in [-0.05, 0) is 0 Å². The summed E-state index contributed by atoms with van der Waals surface area (Å²) in [5.74, 6) is 0. The van der Waals surface area contributed by atoms with Crippen molar-refractivity contribution in [3.63, 3.8) is 0 Å². The summed E-state index contributed by atoms with van der Waals surface area (Å²) in [4.78, 5) is 31.3. The average Bonchev–Trinajstić information content (AvgIpc) is 2.56. The Bertz CT molecular complexity index is 343. The Morgan fingerprint density at radius 3 is 1.12 bits per heavy atom. The van der Waals surface area contributed by atoms with Crippen LogP contribution >= 0.6 is 7.82 Å². The molecule has 0 fully saturated rings. The summed E-state index contributed by atoms with van der Waals surface area (Å²) < 4.78 is 8.88. The lowest BCUT2D eigenvalue weighted by molar-refractivity contribution is -0.127. The Morgan fingerprint density at radius 1 is 0.680 bits per heavy atom. The molecule has 0 heterocycles. The van der Waals surface area contributed by atoms with Crippen LogP contribution in [0, 0.1) is 0 Å². The van der Waals surface area contributed by atoms with Gasteiger partial charge in [-0.1, -0.05) is 0 Å². The molecule has 15 heteroatoms. The van der Waals surface area contributed by atoms with Gasteiger partial charge in [0, 0.05) is 0 Å². The van der Waals surface area contributed by atoms with E-state index < -0.39 is 64.3 Å². The van der Waals surface area contributed by atoms with Crippen LogP contribution in [0.4, 0.5) is 0 Å². The van der Waals surface area contributed by atoms with Crippen LogP contribution in [0.15, 0.2) is 0 Å². The molecule has 0 aromatic heterocycles. The highest BCUT2D eigenvalue weighted by Crippen LogP contribution is 2.25. The van der Waals surface area contributed by atoms with Crippen molar-refractivity contribution in [2.45, 2.75) is 36.6 Å². The van der Waals surface area contributed by atoms with Gasteiger partial charge in [0.1, 0.15) is 36.6 Å². The first kappa shape index (κ1) is 29.2. The number of carbonyl (C=O) groups is 1. The fraction of sp³-hybridized carbons (Fsp3) is 0.900. The van der Waals surface area contributed by atoms with Crippen LogP contribution in [0.25, 0.3) is 0 Å². The Morgan fingerprint density at radius 2 is 0.920 bits per heavy atom. The van der Waals surface area contributed by atoms with Crippen LogP contribution in [0.3, 0.4) is 0 Å². The molecule has 0 aromatic rings. The first-order valence-electron chi connectivity index (χ1n) is 6.41. The smallest absolute Gasteiger partial charge is 0.394 e. The second-order valence-corrected chi connectivity index (χ2v) is 5.40. The summed E-state index contributed by atoms with van der Waals surface area (Å²) in [5, 5.41) is 76.6. The number of rotatable bonds is 8. The van der Waals surface area contributed by atoms with E-state index in [1.54, 1.807) is 0 Å². The van der Waals surface area contributed by atoms with Crippen molar-refractivity contribution in [3.05, 3.63) is 0 Å². The van der Waals surface area contributed by atoms with Gasteiger partial charge in [-0.3, -0.25) is 0 Å². The highest BCUT2D eigenvalue weighted by Gasteiger charge is 2.23. The van der Waals surface area contributed by atoms with Gasteiger partial charge >= 0.3 is 7.82 Å². The van der Waals surface area contributed by atoms with E-state index in [2.05, 4.69) is 0 Å². The maximum Gasteiger partial charge on any atom is 0.466 e. The van der Waals surface area contributed by atoms with Crippen molar-refractivity contribution in [3.8, 4) is 0 Å². The van der Waals surface area contributed by atoms with Crippen molar-refractivity contribution < 1.29 is 70.0 Å². The summed E-state index contributed by atoms with van der Waals surface area (Å²) in [7, 11) is -4.64. The molecule has 0 aromatic carbocycles. The Kier molecular flexibility index (Phi) is 18.3. The molecule has 0 spiro atoms. The quantitative estimate of drug-likeness (QED) is 0.133. The molecule has 25 heavy (non-hydrogen) atoms. The zero-order valence-electron chi connectivity index (χ0n) is 12.8. The number of carbonyl (C=O) groups excluding carboxylic acids is 1. The van der Waals surface area contributed by atoms with Gasteiger partial charge < -0.3 is 65.4 Å². The van der Waals surface area contributed by atoms with Crippen molar-refractivity contribution in [1.29, 1.82) is 0 Å². The summed E-state index contributed by atoms with van der Waals surface area (Å²) in [6.07, 6.45) is -8.92. The van der Waals surface area contributed by atoms with Crippen molar-refractivity contribution in [2.75, 3.05) is 19.8 Å². The number of aliphatic hydroxyl groups excluding tert-OH is 9. The van der Waals surface area contributed by atoms with E-state index >= 15 is 0 Å². The molecule has 14 nitrogen and oxygen atoms in total. The lowest BCUT2D eigenvalue weighted by atomic mass is 10.1. The molecule has 12 N–H and O–H groups in total. The Hall–Kier alpha value is -0.580. The molecule has 0 amide bonds. The van der Waals surface area contributed by atoms with E-state index in [1.165, 1.54) is 0 Å². The standard InChI is InChI=1S/C5H12O5.C5H10O5.H3O4P/c2*6-1-3(8)5(10)4(9)2-7;1-5(2,3)4/h3-10H,1-2H2;1,3-5,7-10H,2H2;(H3,1,2,3,4)/t2*3-,4+,5-;/m.0./s1. The summed E-state index contributed by atoms with van der Waals surface area (Å²) >= 11 is 0. The molecule has 0 unspecified atom stereocenters. The normalized spacial score (nSPS) is 18.2. The molecule has 0 aliphatic heterocycles. The van der Waals surface area contributed by atoms with Gasteiger partial charge in [-0.15, -0.1) is 0 Å². The number of aliphatic hydroxyl groups is 9. The minimum Gasteiger partial charge on any atom is -0.394 e. The molecule has 0 aliphatic rings. The van der Waals surface area contributed by atoms with Crippen LogP contribution in [0.2, 0.25) is 0 Å².